The highest BCUT2D eigenvalue weighted by Gasteiger charge is 2.45. The summed E-state index contributed by atoms with van der Waals surface area (Å²) in [5.41, 5.74) is 1.92. The summed E-state index contributed by atoms with van der Waals surface area (Å²) in [4.78, 5) is 24.4. The van der Waals surface area contributed by atoms with Gasteiger partial charge in [0.15, 0.2) is 0 Å². The number of hydrogen-bond acceptors (Lipinski definition) is 5. The van der Waals surface area contributed by atoms with Gasteiger partial charge >= 0.3 is 5.97 Å². The van der Waals surface area contributed by atoms with Crippen LogP contribution in [0.4, 0.5) is 10.1 Å². The average molecular weight is 573 g/mol. The van der Waals surface area contributed by atoms with Crippen molar-refractivity contribution in [3.8, 4) is 11.3 Å². The molecular formula is C29H27Cl2FN2O5. The van der Waals surface area contributed by atoms with Crippen molar-refractivity contribution in [3.05, 3.63) is 69.1 Å². The van der Waals surface area contributed by atoms with Gasteiger partial charge in [-0.05, 0) is 80.7 Å². The topological polar surface area (TPSA) is 102 Å². The maximum Gasteiger partial charge on any atom is 0.335 e. The van der Waals surface area contributed by atoms with Crippen LogP contribution in [-0.4, -0.2) is 28.2 Å². The van der Waals surface area contributed by atoms with E-state index in [4.69, 9.17) is 32.5 Å². The van der Waals surface area contributed by atoms with Gasteiger partial charge in [-0.2, -0.15) is 0 Å². The normalized spacial score (nSPS) is 24.1. The van der Waals surface area contributed by atoms with Crippen LogP contribution in [0.15, 0.2) is 40.9 Å². The van der Waals surface area contributed by atoms with Crippen LogP contribution in [-0.2, 0) is 16.1 Å². The molecule has 4 unspecified atom stereocenters. The second-order valence-corrected chi connectivity index (χ2v) is 11.7. The number of carboxylic acid groups (broad SMARTS) is 1. The Hall–Kier alpha value is -2.94. The smallest absolute Gasteiger partial charge is 0.335 e. The van der Waals surface area contributed by atoms with Gasteiger partial charge in [0, 0.05) is 23.0 Å². The number of amides is 1. The number of anilines is 1. The highest BCUT2D eigenvalue weighted by Crippen LogP contribution is 2.49. The first kappa shape index (κ1) is 26.3. The zero-order valence-corrected chi connectivity index (χ0v) is 22.5. The van der Waals surface area contributed by atoms with E-state index in [2.05, 4.69) is 10.5 Å². The fourth-order valence-corrected chi connectivity index (χ4v) is 6.76. The molecule has 3 fully saturated rings. The van der Waals surface area contributed by atoms with Crippen molar-refractivity contribution in [1.82, 2.24) is 5.16 Å². The second-order valence-electron chi connectivity index (χ2n) is 10.8. The van der Waals surface area contributed by atoms with Gasteiger partial charge in [-0.15, -0.1) is 0 Å². The zero-order valence-electron chi connectivity index (χ0n) is 21.0. The number of hydrogen-bond donors (Lipinski definition) is 2. The maximum atomic E-state index is 14.3. The summed E-state index contributed by atoms with van der Waals surface area (Å²) in [7, 11) is 0. The fourth-order valence-electron chi connectivity index (χ4n) is 6.18. The molecule has 0 saturated heterocycles. The van der Waals surface area contributed by atoms with Crippen LogP contribution in [0.3, 0.4) is 0 Å². The molecular weight excluding hydrogens is 546 g/mol. The Morgan fingerprint density at radius 1 is 1.10 bits per heavy atom. The van der Waals surface area contributed by atoms with E-state index in [9.17, 15) is 19.1 Å². The molecule has 3 aromatic rings. The maximum absolute atomic E-state index is 14.3. The van der Waals surface area contributed by atoms with Crippen molar-refractivity contribution in [1.29, 1.82) is 0 Å². The molecule has 0 aliphatic heterocycles. The van der Waals surface area contributed by atoms with Crippen LogP contribution in [0.1, 0.15) is 66.1 Å². The largest absolute Gasteiger partial charge is 0.478 e. The molecule has 0 radical (unpaired) electrons. The molecule has 3 aliphatic rings. The van der Waals surface area contributed by atoms with Gasteiger partial charge in [0.05, 0.1) is 34.0 Å². The van der Waals surface area contributed by atoms with Gasteiger partial charge in [0.2, 0.25) is 5.91 Å². The number of nitrogens with zero attached hydrogens (tertiary/aromatic N) is 1. The van der Waals surface area contributed by atoms with Gasteiger partial charge < -0.3 is 19.7 Å². The molecule has 2 N–H and O–H groups in total. The number of fused-ring (bicyclic) bond motifs is 2. The number of halogens is 3. The molecule has 4 atom stereocenters. The predicted octanol–water partition coefficient (Wildman–Crippen LogP) is 7.32. The standard InChI is InChI=1S/C29H27Cl2FN2O5/c30-21-2-1-3-22(31)25(21)26-20(27(39-34-26)15-4-5-15)13-38-18-9-14-8-17(11-18)19(10-14)28(35)33-24-12-16(29(36)37)6-7-23(24)32/h1-3,6-7,12,14-15,17-19H,4-5,8-11,13H2,(H,33,35)(H,36,37). The van der Waals surface area contributed by atoms with E-state index in [0.717, 1.165) is 49.1 Å². The first-order valence-electron chi connectivity index (χ1n) is 13.2. The number of aromatic carboxylic acids is 1. The SMILES string of the molecule is O=C(O)c1ccc(F)c(NC(=O)C2CC3CC(OCc4c(-c5c(Cl)cccc5Cl)noc4C4CC4)CC2C3)c1. The third-order valence-corrected chi connectivity index (χ3v) is 8.82. The Morgan fingerprint density at radius 3 is 2.59 bits per heavy atom. The first-order valence-corrected chi connectivity index (χ1v) is 13.9. The zero-order chi connectivity index (χ0) is 27.3. The monoisotopic (exact) mass is 572 g/mol. The Bertz CT molecular complexity index is 1420. The molecule has 2 aromatic carbocycles. The van der Waals surface area contributed by atoms with Crippen molar-refractivity contribution in [2.24, 2.45) is 17.8 Å². The number of benzene rings is 2. The van der Waals surface area contributed by atoms with E-state index in [1.165, 1.54) is 6.07 Å². The summed E-state index contributed by atoms with van der Waals surface area (Å²) in [5.74, 6) is -0.846. The van der Waals surface area contributed by atoms with Crippen molar-refractivity contribution >= 4 is 40.8 Å². The summed E-state index contributed by atoms with van der Waals surface area (Å²) in [6, 6.07) is 8.71. The molecule has 1 aromatic heterocycles. The third-order valence-electron chi connectivity index (χ3n) is 8.19. The summed E-state index contributed by atoms with van der Waals surface area (Å²) >= 11 is 13.0. The Kier molecular flexibility index (Phi) is 7.12. The molecule has 3 saturated carbocycles. The minimum absolute atomic E-state index is 0.0462. The predicted molar refractivity (Wildman–Crippen MR) is 143 cm³/mol. The number of carbonyl (C=O) groups excluding carboxylic acids is 1. The molecule has 7 nitrogen and oxygen atoms in total. The van der Waals surface area contributed by atoms with E-state index in [0.29, 0.717) is 52.6 Å². The number of rotatable bonds is 8. The van der Waals surface area contributed by atoms with Gasteiger partial charge in [0.25, 0.3) is 0 Å². The number of carbonyl (C=O) groups is 2. The molecule has 2 bridgehead atoms. The second kappa shape index (κ2) is 10.6. The minimum Gasteiger partial charge on any atom is -0.478 e. The quantitative estimate of drug-likeness (QED) is 0.293. The van der Waals surface area contributed by atoms with Crippen LogP contribution in [0, 0.1) is 23.6 Å². The van der Waals surface area contributed by atoms with Crippen molar-refractivity contribution in [3.63, 3.8) is 0 Å². The molecule has 3 aliphatic carbocycles. The van der Waals surface area contributed by atoms with Crippen molar-refractivity contribution < 1.29 is 28.3 Å². The van der Waals surface area contributed by atoms with Crippen LogP contribution >= 0.6 is 23.2 Å². The molecule has 204 valence electrons. The lowest BCUT2D eigenvalue weighted by molar-refractivity contribution is -0.121. The Labute approximate surface area is 234 Å². The summed E-state index contributed by atoms with van der Waals surface area (Å²) in [6.07, 6.45) is 5.17. The molecule has 0 spiro atoms. The Balaban J connectivity index is 1.15. The van der Waals surface area contributed by atoms with E-state index < -0.39 is 11.8 Å². The highest BCUT2D eigenvalue weighted by molar-refractivity contribution is 6.39. The lowest BCUT2D eigenvalue weighted by Crippen LogP contribution is -2.29. The third kappa shape index (κ3) is 5.30. The van der Waals surface area contributed by atoms with E-state index >= 15 is 0 Å². The number of nitrogens with one attached hydrogen (secondary N) is 1. The lowest BCUT2D eigenvalue weighted by Gasteiger charge is -2.28. The minimum atomic E-state index is -1.18. The highest BCUT2D eigenvalue weighted by atomic mass is 35.5. The van der Waals surface area contributed by atoms with Gasteiger partial charge in [-0.25, -0.2) is 9.18 Å². The van der Waals surface area contributed by atoms with Crippen molar-refractivity contribution in [2.75, 3.05) is 5.32 Å². The van der Waals surface area contributed by atoms with Gasteiger partial charge in [0.1, 0.15) is 17.3 Å². The molecule has 10 heteroatoms. The van der Waals surface area contributed by atoms with Gasteiger partial charge in [-0.1, -0.05) is 34.4 Å². The van der Waals surface area contributed by atoms with E-state index in [1.807, 2.05) is 0 Å². The van der Waals surface area contributed by atoms with Crippen LogP contribution in [0.25, 0.3) is 11.3 Å². The number of carboxylic acids is 1. The first-order chi connectivity index (χ1) is 18.8. The average Bonchev–Trinajstić information content (AvgIpc) is 3.59. The number of aromatic nitrogens is 1. The molecule has 1 heterocycles. The van der Waals surface area contributed by atoms with E-state index in [-0.39, 0.29) is 35.1 Å². The lowest BCUT2D eigenvalue weighted by atomic mass is 9.85. The molecule has 1 amide bonds. The van der Waals surface area contributed by atoms with Gasteiger partial charge in [-0.3, -0.25) is 4.79 Å². The van der Waals surface area contributed by atoms with Crippen LogP contribution in [0.5, 0.6) is 0 Å². The van der Waals surface area contributed by atoms with Crippen LogP contribution in [0.2, 0.25) is 10.0 Å². The summed E-state index contributed by atoms with van der Waals surface area (Å²) in [6.45, 7) is 0.306. The Morgan fingerprint density at radius 2 is 1.87 bits per heavy atom. The van der Waals surface area contributed by atoms with Crippen molar-refractivity contribution in [2.45, 2.75) is 57.2 Å². The van der Waals surface area contributed by atoms with E-state index in [1.54, 1.807) is 18.2 Å². The van der Waals surface area contributed by atoms with Crippen LogP contribution < -0.4 is 5.32 Å². The molecule has 39 heavy (non-hydrogen) atoms. The fraction of sp³-hybridized carbons (Fsp3) is 0.414. The summed E-state index contributed by atoms with van der Waals surface area (Å²) in [5, 5.41) is 17.2. The number of ether oxygens (including phenoxy) is 1. The molecule has 6 rings (SSSR count). The summed E-state index contributed by atoms with van der Waals surface area (Å²) < 4.78 is 26.5.